The average molecular weight is 228 g/mol. The maximum Gasteiger partial charge on any atom is 0.239 e. The molecule has 2 unspecified atom stereocenters. The third-order valence-corrected chi connectivity index (χ3v) is 3.09. The Labute approximate surface area is 97.9 Å². The number of ether oxygens (including phenoxy) is 1. The zero-order valence-corrected chi connectivity index (χ0v) is 10.4. The molecule has 1 saturated heterocycles. The van der Waals surface area contributed by atoms with Crippen molar-refractivity contribution in [1.82, 2.24) is 5.32 Å². The maximum absolute atomic E-state index is 11.8. The maximum atomic E-state index is 11.8. The number of carbonyl (C=O) groups excluding carboxylic acids is 1. The summed E-state index contributed by atoms with van der Waals surface area (Å²) in [6, 6.07) is 0. The van der Waals surface area contributed by atoms with Crippen LogP contribution in [0, 0.1) is 5.92 Å². The second-order valence-electron chi connectivity index (χ2n) is 4.96. The molecule has 4 nitrogen and oxygen atoms in total. The van der Waals surface area contributed by atoms with Crippen LogP contribution in [0.25, 0.3) is 0 Å². The van der Waals surface area contributed by atoms with E-state index in [2.05, 4.69) is 5.32 Å². The van der Waals surface area contributed by atoms with Gasteiger partial charge in [0.05, 0.1) is 12.1 Å². The van der Waals surface area contributed by atoms with Gasteiger partial charge in [-0.1, -0.05) is 13.3 Å². The van der Waals surface area contributed by atoms with Crippen LogP contribution < -0.4 is 11.1 Å². The molecule has 0 aliphatic carbocycles. The van der Waals surface area contributed by atoms with Gasteiger partial charge < -0.3 is 15.8 Å². The van der Waals surface area contributed by atoms with Crippen molar-refractivity contribution >= 4 is 5.91 Å². The van der Waals surface area contributed by atoms with E-state index in [9.17, 15) is 4.79 Å². The fourth-order valence-corrected chi connectivity index (χ4v) is 2.04. The number of nitrogens with one attached hydrogen (secondary N) is 1. The van der Waals surface area contributed by atoms with E-state index in [1.165, 1.54) is 0 Å². The second kappa shape index (κ2) is 6.21. The van der Waals surface area contributed by atoms with Crippen LogP contribution in [-0.4, -0.2) is 31.2 Å². The summed E-state index contributed by atoms with van der Waals surface area (Å²) in [5, 5.41) is 2.93. The average Bonchev–Trinajstić information content (AvgIpc) is 2.27. The minimum atomic E-state index is -0.732. The summed E-state index contributed by atoms with van der Waals surface area (Å²) in [7, 11) is 0. The molecule has 0 aromatic rings. The topological polar surface area (TPSA) is 64.4 Å². The van der Waals surface area contributed by atoms with Crippen LogP contribution in [0.5, 0.6) is 0 Å². The molecule has 1 fully saturated rings. The molecular formula is C12H24N2O2. The van der Waals surface area contributed by atoms with Crippen LogP contribution in [0.2, 0.25) is 0 Å². The molecule has 0 aromatic carbocycles. The number of nitrogens with two attached hydrogens (primary N) is 1. The first-order valence-corrected chi connectivity index (χ1v) is 6.21. The lowest BCUT2D eigenvalue weighted by Gasteiger charge is -2.26. The van der Waals surface area contributed by atoms with E-state index in [0.717, 1.165) is 38.9 Å². The van der Waals surface area contributed by atoms with Crippen molar-refractivity contribution in [3.05, 3.63) is 0 Å². The highest BCUT2D eigenvalue weighted by Crippen LogP contribution is 2.13. The smallest absolute Gasteiger partial charge is 0.239 e. The first-order chi connectivity index (χ1) is 7.56. The van der Waals surface area contributed by atoms with E-state index >= 15 is 0 Å². The zero-order chi connectivity index (χ0) is 12.0. The quantitative estimate of drug-likeness (QED) is 0.739. The normalized spacial score (nSPS) is 24.8. The number of rotatable bonds is 5. The summed E-state index contributed by atoms with van der Waals surface area (Å²) in [5.74, 6) is 0.412. The summed E-state index contributed by atoms with van der Waals surface area (Å²) in [5.41, 5.74) is 5.21. The van der Waals surface area contributed by atoms with Crippen molar-refractivity contribution in [3.63, 3.8) is 0 Å². The fraction of sp³-hybridized carbons (Fsp3) is 0.917. The Kier molecular flexibility index (Phi) is 5.22. The van der Waals surface area contributed by atoms with Crippen LogP contribution in [0.15, 0.2) is 0 Å². The Morgan fingerprint density at radius 1 is 1.62 bits per heavy atom. The van der Waals surface area contributed by atoms with Gasteiger partial charge in [-0.3, -0.25) is 4.79 Å². The molecule has 1 heterocycles. The van der Waals surface area contributed by atoms with Crippen LogP contribution in [0.4, 0.5) is 0 Å². The van der Waals surface area contributed by atoms with Crippen molar-refractivity contribution in [2.45, 2.75) is 45.1 Å². The van der Waals surface area contributed by atoms with Gasteiger partial charge in [0.15, 0.2) is 0 Å². The standard InChI is InChI=1S/C12H24N2O2/c1-3-6-12(2,13)11(15)14-8-10-5-4-7-16-9-10/h10H,3-9,13H2,1-2H3,(H,14,15). The molecule has 1 aliphatic heterocycles. The Bertz CT molecular complexity index is 223. The van der Waals surface area contributed by atoms with Crippen molar-refractivity contribution in [2.75, 3.05) is 19.8 Å². The molecule has 1 rings (SSSR count). The molecule has 4 heteroatoms. The molecule has 94 valence electrons. The van der Waals surface area contributed by atoms with Crippen LogP contribution >= 0.6 is 0 Å². The summed E-state index contributed by atoms with van der Waals surface area (Å²) in [6.07, 6.45) is 3.87. The van der Waals surface area contributed by atoms with Gasteiger partial charge in [-0.25, -0.2) is 0 Å². The Hall–Kier alpha value is -0.610. The molecule has 1 amide bonds. The summed E-state index contributed by atoms with van der Waals surface area (Å²) in [4.78, 5) is 11.8. The summed E-state index contributed by atoms with van der Waals surface area (Å²) in [6.45, 7) is 6.14. The van der Waals surface area contributed by atoms with Crippen LogP contribution in [0.1, 0.15) is 39.5 Å². The zero-order valence-electron chi connectivity index (χ0n) is 10.4. The lowest BCUT2D eigenvalue weighted by molar-refractivity contribution is -0.126. The second-order valence-corrected chi connectivity index (χ2v) is 4.96. The van der Waals surface area contributed by atoms with Gasteiger partial charge in [0.25, 0.3) is 0 Å². The van der Waals surface area contributed by atoms with Gasteiger partial charge in [0, 0.05) is 13.2 Å². The van der Waals surface area contributed by atoms with E-state index in [1.54, 1.807) is 6.92 Å². The SMILES string of the molecule is CCCC(C)(N)C(=O)NCC1CCCOC1. The first-order valence-electron chi connectivity index (χ1n) is 6.21. The predicted octanol–water partition coefficient (Wildman–Crippen LogP) is 1.05. The molecule has 2 atom stereocenters. The van der Waals surface area contributed by atoms with Crippen molar-refractivity contribution in [3.8, 4) is 0 Å². The van der Waals surface area contributed by atoms with Crippen molar-refractivity contribution in [1.29, 1.82) is 0 Å². The van der Waals surface area contributed by atoms with Gasteiger partial charge in [0.2, 0.25) is 5.91 Å². The number of amides is 1. The molecule has 0 spiro atoms. The Morgan fingerprint density at radius 3 is 2.94 bits per heavy atom. The van der Waals surface area contributed by atoms with Crippen LogP contribution in [0.3, 0.4) is 0 Å². The minimum absolute atomic E-state index is 0.0417. The summed E-state index contributed by atoms with van der Waals surface area (Å²) >= 11 is 0. The van der Waals surface area contributed by atoms with Crippen molar-refractivity contribution < 1.29 is 9.53 Å². The fourth-order valence-electron chi connectivity index (χ4n) is 2.04. The van der Waals surface area contributed by atoms with E-state index in [4.69, 9.17) is 10.5 Å². The highest BCUT2D eigenvalue weighted by Gasteiger charge is 2.27. The molecule has 0 bridgehead atoms. The lowest BCUT2D eigenvalue weighted by atomic mass is 9.95. The van der Waals surface area contributed by atoms with Gasteiger partial charge >= 0.3 is 0 Å². The molecule has 16 heavy (non-hydrogen) atoms. The Balaban J connectivity index is 2.28. The van der Waals surface area contributed by atoms with Gasteiger partial charge in [0.1, 0.15) is 0 Å². The van der Waals surface area contributed by atoms with Gasteiger partial charge in [-0.05, 0) is 32.1 Å². The third-order valence-electron chi connectivity index (χ3n) is 3.09. The summed E-state index contributed by atoms with van der Waals surface area (Å²) < 4.78 is 5.36. The van der Waals surface area contributed by atoms with E-state index in [-0.39, 0.29) is 5.91 Å². The lowest BCUT2D eigenvalue weighted by Crippen LogP contribution is -2.52. The number of carbonyl (C=O) groups is 1. The Morgan fingerprint density at radius 2 is 2.38 bits per heavy atom. The monoisotopic (exact) mass is 228 g/mol. The van der Waals surface area contributed by atoms with Gasteiger partial charge in [-0.15, -0.1) is 0 Å². The first kappa shape index (κ1) is 13.5. The van der Waals surface area contributed by atoms with E-state index in [1.807, 2.05) is 6.92 Å². The molecule has 1 aliphatic rings. The van der Waals surface area contributed by atoms with E-state index < -0.39 is 5.54 Å². The minimum Gasteiger partial charge on any atom is -0.381 e. The van der Waals surface area contributed by atoms with Gasteiger partial charge in [-0.2, -0.15) is 0 Å². The molecule has 0 aromatic heterocycles. The number of hydrogen-bond donors (Lipinski definition) is 2. The van der Waals surface area contributed by atoms with E-state index in [0.29, 0.717) is 12.5 Å². The molecular weight excluding hydrogens is 204 g/mol. The molecule has 0 saturated carbocycles. The third kappa shape index (κ3) is 4.10. The largest absolute Gasteiger partial charge is 0.381 e. The highest BCUT2D eigenvalue weighted by atomic mass is 16.5. The van der Waals surface area contributed by atoms with Crippen LogP contribution in [-0.2, 0) is 9.53 Å². The predicted molar refractivity (Wildman–Crippen MR) is 64.1 cm³/mol. The molecule has 0 radical (unpaired) electrons. The highest BCUT2D eigenvalue weighted by molar-refractivity contribution is 5.85. The molecule has 3 N–H and O–H groups in total. The number of hydrogen-bond acceptors (Lipinski definition) is 3. The van der Waals surface area contributed by atoms with Crippen molar-refractivity contribution in [2.24, 2.45) is 11.7 Å².